The summed E-state index contributed by atoms with van der Waals surface area (Å²) in [5, 5.41) is 0.242. The van der Waals surface area contributed by atoms with Crippen LogP contribution in [0.1, 0.15) is 30.0 Å². The highest BCUT2D eigenvalue weighted by Gasteiger charge is 2.35. The van der Waals surface area contributed by atoms with Crippen LogP contribution in [0.5, 0.6) is 5.75 Å². The fraction of sp³-hybridized carbons (Fsp3) is 0.333. The third kappa shape index (κ3) is 3.74. The maximum Gasteiger partial charge on any atom is 0.242 e. The molecule has 6 heteroatoms. The maximum atomic E-state index is 12.8. The number of sulfonamides is 1. The van der Waals surface area contributed by atoms with E-state index in [1.165, 1.54) is 0 Å². The van der Waals surface area contributed by atoms with Crippen molar-refractivity contribution in [2.75, 3.05) is 7.11 Å². The van der Waals surface area contributed by atoms with Crippen molar-refractivity contribution in [3.8, 4) is 5.75 Å². The Morgan fingerprint density at radius 3 is 2.38 bits per heavy atom. The first-order valence-corrected chi connectivity index (χ1v) is 9.69. The predicted molar refractivity (Wildman–Crippen MR) is 95.0 cm³/mol. The zero-order chi connectivity index (χ0) is 17.3. The van der Waals surface area contributed by atoms with Gasteiger partial charge in [0.1, 0.15) is 10.6 Å². The van der Waals surface area contributed by atoms with Crippen molar-refractivity contribution in [3.05, 3.63) is 58.6 Å². The minimum atomic E-state index is -3.69. The third-order valence-corrected chi connectivity index (χ3v) is 6.15. The van der Waals surface area contributed by atoms with E-state index < -0.39 is 10.0 Å². The summed E-state index contributed by atoms with van der Waals surface area (Å²) >= 11 is 6.14. The van der Waals surface area contributed by atoms with E-state index in [9.17, 15) is 8.42 Å². The molecule has 3 rings (SSSR count). The summed E-state index contributed by atoms with van der Waals surface area (Å²) in [6, 6.07) is 12.2. The summed E-state index contributed by atoms with van der Waals surface area (Å²) < 4.78 is 33.6. The maximum absolute atomic E-state index is 12.8. The molecule has 1 aliphatic carbocycles. The Kier molecular flexibility index (Phi) is 4.85. The molecule has 0 heterocycles. The van der Waals surface area contributed by atoms with Gasteiger partial charge < -0.3 is 4.74 Å². The normalized spacial score (nSPS) is 16.0. The van der Waals surface area contributed by atoms with Crippen LogP contribution in [0.15, 0.2) is 47.4 Å². The molecule has 24 heavy (non-hydrogen) atoms. The number of hydrogen-bond donors (Lipinski definition) is 1. The van der Waals surface area contributed by atoms with E-state index in [0.29, 0.717) is 5.92 Å². The summed E-state index contributed by atoms with van der Waals surface area (Å²) in [6.07, 6.45) is 2.03. The van der Waals surface area contributed by atoms with Gasteiger partial charge in [0.2, 0.25) is 10.0 Å². The number of rotatable bonds is 6. The fourth-order valence-corrected chi connectivity index (χ4v) is 4.62. The van der Waals surface area contributed by atoms with Crippen molar-refractivity contribution in [1.82, 2.24) is 4.72 Å². The van der Waals surface area contributed by atoms with Gasteiger partial charge in [-0.3, -0.25) is 0 Å². The van der Waals surface area contributed by atoms with Crippen LogP contribution in [0.25, 0.3) is 0 Å². The van der Waals surface area contributed by atoms with Crippen LogP contribution >= 0.6 is 11.6 Å². The molecule has 0 amide bonds. The lowest BCUT2D eigenvalue weighted by molar-refractivity contribution is 0.414. The van der Waals surface area contributed by atoms with Crippen molar-refractivity contribution in [2.24, 2.45) is 5.92 Å². The van der Waals surface area contributed by atoms with Gasteiger partial charge in [0.15, 0.2) is 0 Å². The minimum Gasteiger partial charge on any atom is -0.497 e. The van der Waals surface area contributed by atoms with E-state index in [1.807, 2.05) is 31.2 Å². The largest absolute Gasteiger partial charge is 0.497 e. The molecule has 2 aromatic rings. The van der Waals surface area contributed by atoms with E-state index in [2.05, 4.69) is 4.72 Å². The topological polar surface area (TPSA) is 55.4 Å². The summed E-state index contributed by atoms with van der Waals surface area (Å²) in [5.74, 6) is 1.06. The Morgan fingerprint density at radius 2 is 1.83 bits per heavy atom. The van der Waals surface area contributed by atoms with Gasteiger partial charge in [0.05, 0.1) is 12.1 Å². The molecule has 0 aliphatic heterocycles. The van der Waals surface area contributed by atoms with Gasteiger partial charge in [-0.25, -0.2) is 13.1 Å². The Hall–Kier alpha value is -1.56. The number of aryl methyl sites for hydroxylation is 1. The highest BCUT2D eigenvalue weighted by Crippen LogP contribution is 2.42. The second kappa shape index (κ2) is 6.75. The lowest BCUT2D eigenvalue weighted by Gasteiger charge is -2.20. The first-order chi connectivity index (χ1) is 11.4. The number of nitrogens with one attached hydrogen (secondary N) is 1. The molecule has 0 radical (unpaired) electrons. The van der Waals surface area contributed by atoms with Crippen LogP contribution in [0.4, 0.5) is 0 Å². The van der Waals surface area contributed by atoms with Crippen LogP contribution in [-0.4, -0.2) is 15.5 Å². The molecule has 0 bridgehead atoms. The lowest BCUT2D eigenvalue weighted by atomic mass is 10.0. The van der Waals surface area contributed by atoms with Gasteiger partial charge in [-0.2, -0.15) is 0 Å². The number of methoxy groups -OCH3 is 1. The van der Waals surface area contributed by atoms with E-state index in [-0.39, 0.29) is 16.0 Å². The van der Waals surface area contributed by atoms with Crippen molar-refractivity contribution >= 4 is 21.6 Å². The fourth-order valence-electron chi connectivity index (χ4n) is 2.73. The monoisotopic (exact) mass is 365 g/mol. The summed E-state index contributed by atoms with van der Waals surface area (Å²) in [6.45, 7) is 1.88. The zero-order valence-electron chi connectivity index (χ0n) is 13.6. The summed E-state index contributed by atoms with van der Waals surface area (Å²) in [7, 11) is -2.08. The first-order valence-electron chi connectivity index (χ1n) is 7.83. The van der Waals surface area contributed by atoms with Crippen molar-refractivity contribution < 1.29 is 13.2 Å². The molecule has 128 valence electrons. The van der Waals surface area contributed by atoms with Crippen LogP contribution in [0.3, 0.4) is 0 Å². The van der Waals surface area contributed by atoms with Gasteiger partial charge in [-0.1, -0.05) is 29.8 Å². The van der Waals surface area contributed by atoms with Crippen LogP contribution < -0.4 is 9.46 Å². The van der Waals surface area contributed by atoms with Gasteiger partial charge in [0.25, 0.3) is 0 Å². The number of hydrogen-bond acceptors (Lipinski definition) is 3. The molecule has 1 N–H and O–H groups in total. The minimum absolute atomic E-state index is 0.119. The molecule has 1 aliphatic rings. The molecule has 0 spiro atoms. The number of benzene rings is 2. The highest BCUT2D eigenvalue weighted by atomic mass is 35.5. The van der Waals surface area contributed by atoms with Gasteiger partial charge in [0, 0.05) is 6.04 Å². The summed E-state index contributed by atoms with van der Waals surface area (Å²) in [4.78, 5) is 0.119. The summed E-state index contributed by atoms with van der Waals surface area (Å²) in [5.41, 5.74) is 1.86. The van der Waals surface area contributed by atoms with Gasteiger partial charge >= 0.3 is 0 Å². The average Bonchev–Trinajstić information content (AvgIpc) is 3.37. The zero-order valence-corrected chi connectivity index (χ0v) is 15.2. The van der Waals surface area contributed by atoms with Gasteiger partial charge in [-0.05, 0) is 61.1 Å². The Bertz CT molecular complexity index is 830. The Morgan fingerprint density at radius 1 is 1.17 bits per heavy atom. The van der Waals surface area contributed by atoms with E-state index in [0.717, 1.165) is 29.7 Å². The second-order valence-electron chi connectivity index (χ2n) is 6.14. The van der Waals surface area contributed by atoms with Crippen molar-refractivity contribution in [3.63, 3.8) is 0 Å². The average molecular weight is 366 g/mol. The predicted octanol–water partition coefficient (Wildman–Crippen LogP) is 4.09. The van der Waals surface area contributed by atoms with Crippen LogP contribution in [-0.2, 0) is 10.0 Å². The van der Waals surface area contributed by atoms with Gasteiger partial charge in [-0.15, -0.1) is 0 Å². The van der Waals surface area contributed by atoms with Crippen LogP contribution in [0, 0.1) is 12.8 Å². The SMILES string of the molecule is COc1ccc(C(NS(=O)(=O)c2ccc(C)cc2Cl)C2CC2)cc1. The molecule has 1 fully saturated rings. The third-order valence-electron chi connectivity index (χ3n) is 4.23. The molecule has 2 aromatic carbocycles. The standard InChI is InChI=1S/C18H20ClNO3S/c1-12-3-10-17(16(19)11-12)24(21,22)20-18(13-4-5-13)14-6-8-15(23-2)9-7-14/h3,6-11,13,18,20H,4-5H2,1-2H3. The van der Waals surface area contributed by atoms with Crippen molar-refractivity contribution in [1.29, 1.82) is 0 Å². The first kappa shape index (κ1) is 17.3. The molecular formula is C18H20ClNO3S. The molecular weight excluding hydrogens is 346 g/mol. The van der Waals surface area contributed by atoms with E-state index in [4.69, 9.17) is 16.3 Å². The molecule has 0 saturated heterocycles. The Balaban J connectivity index is 1.89. The molecule has 1 unspecified atom stereocenters. The lowest BCUT2D eigenvalue weighted by Crippen LogP contribution is -2.30. The van der Waals surface area contributed by atoms with E-state index >= 15 is 0 Å². The Labute approximate surface area is 147 Å². The quantitative estimate of drug-likeness (QED) is 0.838. The second-order valence-corrected chi connectivity index (χ2v) is 8.23. The molecule has 1 saturated carbocycles. The molecule has 1 atom stereocenters. The van der Waals surface area contributed by atoms with Crippen LogP contribution in [0.2, 0.25) is 5.02 Å². The molecule has 4 nitrogen and oxygen atoms in total. The van der Waals surface area contributed by atoms with Crippen molar-refractivity contribution in [2.45, 2.75) is 30.7 Å². The smallest absolute Gasteiger partial charge is 0.242 e. The molecule has 0 aromatic heterocycles. The van der Waals surface area contributed by atoms with E-state index in [1.54, 1.807) is 25.3 Å². The highest BCUT2D eigenvalue weighted by molar-refractivity contribution is 7.89. The number of ether oxygens (including phenoxy) is 1. The number of halogens is 1.